The number of amides is 1. The van der Waals surface area contributed by atoms with Crippen molar-refractivity contribution in [1.29, 1.82) is 0 Å². The molecule has 0 saturated carbocycles. The lowest BCUT2D eigenvalue weighted by molar-refractivity contribution is -0.112. The van der Waals surface area contributed by atoms with E-state index in [1.54, 1.807) is 36.7 Å². The molecule has 5 nitrogen and oxygen atoms in total. The molecule has 1 N–H and O–H groups in total. The van der Waals surface area contributed by atoms with Crippen molar-refractivity contribution in [3.63, 3.8) is 0 Å². The Hall–Kier alpha value is -2.95. The third-order valence-corrected chi connectivity index (χ3v) is 2.85. The van der Waals surface area contributed by atoms with E-state index in [4.69, 9.17) is 4.42 Å². The zero-order valence-corrected chi connectivity index (χ0v) is 10.4. The SMILES string of the molecule is O=C1Nc2ccccc2C1=O.c1cnc2occc2c1. The van der Waals surface area contributed by atoms with Crippen LogP contribution in [0.3, 0.4) is 0 Å². The van der Waals surface area contributed by atoms with Gasteiger partial charge in [0.25, 0.3) is 11.7 Å². The number of carbonyl (C=O) groups is 2. The molecular weight excluding hydrogens is 256 g/mol. The first-order chi connectivity index (χ1) is 9.75. The van der Waals surface area contributed by atoms with Crippen LogP contribution in [-0.4, -0.2) is 16.7 Å². The molecule has 4 rings (SSSR count). The fourth-order valence-electron chi connectivity index (χ4n) is 1.89. The van der Waals surface area contributed by atoms with E-state index in [2.05, 4.69) is 10.3 Å². The van der Waals surface area contributed by atoms with Gasteiger partial charge < -0.3 is 9.73 Å². The molecule has 0 spiro atoms. The van der Waals surface area contributed by atoms with E-state index < -0.39 is 11.7 Å². The fraction of sp³-hybridized carbons (Fsp3) is 0. The molecule has 98 valence electrons. The van der Waals surface area contributed by atoms with Crippen molar-refractivity contribution in [1.82, 2.24) is 4.98 Å². The van der Waals surface area contributed by atoms with E-state index in [0.717, 1.165) is 5.39 Å². The smallest absolute Gasteiger partial charge is 0.296 e. The molecule has 1 aromatic carbocycles. The summed E-state index contributed by atoms with van der Waals surface area (Å²) < 4.78 is 5.01. The van der Waals surface area contributed by atoms with Crippen LogP contribution >= 0.6 is 0 Å². The van der Waals surface area contributed by atoms with Gasteiger partial charge in [-0.05, 0) is 30.3 Å². The molecule has 0 radical (unpaired) electrons. The Balaban J connectivity index is 0.000000123. The number of hydrogen-bond donors (Lipinski definition) is 1. The largest absolute Gasteiger partial charge is 0.446 e. The van der Waals surface area contributed by atoms with Crippen molar-refractivity contribution >= 4 is 28.5 Å². The van der Waals surface area contributed by atoms with Gasteiger partial charge in [0.15, 0.2) is 0 Å². The second kappa shape index (κ2) is 4.97. The summed E-state index contributed by atoms with van der Waals surface area (Å²) in [4.78, 5) is 25.7. The summed E-state index contributed by atoms with van der Waals surface area (Å²) in [6.07, 6.45) is 3.35. The van der Waals surface area contributed by atoms with Gasteiger partial charge in [-0.25, -0.2) is 4.98 Å². The van der Waals surface area contributed by atoms with Gasteiger partial charge in [0.05, 0.1) is 17.5 Å². The number of carbonyl (C=O) groups excluding carboxylic acids is 2. The molecule has 20 heavy (non-hydrogen) atoms. The number of hydrogen-bond acceptors (Lipinski definition) is 4. The quantitative estimate of drug-likeness (QED) is 0.635. The Morgan fingerprint density at radius 3 is 2.65 bits per heavy atom. The van der Waals surface area contributed by atoms with Crippen LogP contribution in [0.2, 0.25) is 0 Å². The summed E-state index contributed by atoms with van der Waals surface area (Å²) >= 11 is 0. The van der Waals surface area contributed by atoms with Crippen LogP contribution < -0.4 is 5.32 Å². The lowest BCUT2D eigenvalue weighted by Crippen LogP contribution is -2.12. The zero-order valence-electron chi connectivity index (χ0n) is 10.4. The molecule has 3 aromatic rings. The number of ketones is 1. The van der Waals surface area contributed by atoms with Crippen LogP contribution in [0.25, 0.3) is 11.1 Å². The number of para-hydroxylation sites is 1. The summed E-state index contributed by atoms with van der Waals surface area (Å²) in [6, 6.07) is 12.6. The van der Waals surface area contributed by atoms with Gasteiger partial charge in [-0.2, -0.15) is 0 Å². The summed E-state index contributed by atoms with van der Waals surface area (Å²) in [7, 11) is 0. The first-order valence-corrected chi connectivity index (χ1v) is 5.98. The Morgan fingerprint density at radius 2 is 1.85 bits per heavy atom. The number of furan rings is 1. The van der Waals surface area contributed by atoms with Crippen LogP contribution in [0.4, 0.5) is 5.69 Å². The highest BCUT2D eigenvalue weighted by molar-refractivity contribution is 6.51. The molecule has 0 saturated heterocycles. The summed E-state index contributed by atoms with van der Waals surface area (Å²) in [5.41, 5.74) is 1.79. The molecule has 0 atom stereocenters. The van der Waals surface area contributed by atoms with Gasteiger partial charge in [-0.1, -0.05) is 12.1 Å². The number of nitrogens with one attached hydrogen (secondary N) is 1. The van der Waals surface area contributed by atoms with Crippen LogP contribution in [0, 0.1) is 0 Å². The van der Waals surface area contributed by atoms with Crippen LogP contribution in [0.15, 0.2) is 59.3 Å². The minimum Gasteiger partial charge on any atom is -0.446 e. The Kier molecular flexibility index (Phi) is 3.01. The molecule has 0 bridgehead atoms. The topological polar surface area (TPSA) is 72.2 Å². The van der Waals surface area contributed by atoms with Gasteiger partial charge in [-0.15, -0.1) is 0 Å². The lowest BCUT2D eigenvalue weighted by atomic mass is 10.1. The first kappa shape index (κ1) is 12.1. The van der Waals surface area contributed by atoms with E-state index in [-0.39, 0.29) is 0 Å². The van der Waals surface area contributed by atoms with Crippen LogP contribution in [-0.2, 0) is 4.79 Å². The monoisotopic (exact) mass is 266 g/mol. The van der Waals surface area contributed by atoms with Gasteiger partial charge in [0, 0.05) is 11.6 Å². The summed E-state index contributed by atoms with van der Waals surface area (Å²) in [6.45, 7) is 0. The maximum absolute atomic E-state index is 11.0. The van der Waals surface area contributed by atoms with E-state index >= 15 is 0 Å². The molecule has 1 aliphatic rings. The number of fused-ring (bicyclic) bond motifs is 2. The number of Topliss-reactive ketones (excluding diaryl/α,β-unsaturated/α-hetero) is 1. The van der Waals surface area contributed by atoms with E-state index in [9.17, 15) is 9.59 Å². The van der Waals surface area contributed by atoms with Gasteiger partial charge in [0.2, 0.25) is 5.71 Å². The molecule has 0 unspecified atom stereocenters. The normalized spacial score (nSPS) is 12.6. The van der Waals surface area contributed by atoms with Crippen molar-refractivity contribution in [3.05, 3.63) is 60.5 Å². The molecule has 0 fully saturated rings. The van der Waals surface area contributed by atoms with Crippen LogP contribution in [0.1, 0.15) is 10.4 Å². The second-order valence-electron chi connectivity index (χ2n) is 4.15. The molecule has 0 aliphatic carbocycles. The average Bonchev–Trinajstić information content (AvgIpc) is 3.06. The zero-order chi connectivity index (χ0) is 13.9. The summed E-state index contributed by atoms with van der Waals surface area (Å²) in [5.74, 6) is -0.980. The molecule has 2 aromatic heterocycles. The van der Waals surface area contributed by atoms with Crippen molar-refractivity contribution in [2.24, 2.45) is 0 Å². The molecule has 3 heterocycles. The standard InChI is InChI=1S/C8H5NO2.C7H5NO/c10-7-5-3-1-2-4-6(5)9-8(7)11;1-2-6-3-5-9-7(6)8-4-1/h1-4H,(H,9,10,11);1-5H. The van der Waals surface area contributed by atoms with E-state index in [1.807, 2.05) is 18.2 Å². The third kappa shape index (κ3) is 2.16. The average molecular weight is 266 g/mol. The number of anilines is 1. The minimum atomic E-state index is -0.536. The van der Waals surface area contributed by atoms with Crippen molar-refractivity contribution in [2.45, 2.75) is 0 Å². The minimum absolute atomic E-state index is 0.444. The third-order valence-electron chi connectivity index (χ3n) is 2.85. The number of pyridine rings is 1. The lowest BCUT2D eigenvalue weighted by Gasteiger charge is -1.91. The van der Waals surface area contributed by atoms with E-state index in [1.165, 1.54) is 0 Å². The Bertz CT molecular complexity index is 762. The van der Waals surface area contributed by atoms with Gasteiger partial charge in [-0.3, -0.25) is 9.59 Å². The number of nitrogens with zero attached hydrogens (tertiary/aromatic N) is 1. The predicted molar refractivity (Wildman–Crippen MR) is 73.4 cm³/mol. The predicted octanol–water partition coefficient (Wildman–Crippen LogP) is 2.65. The highest BCUT2D eigenvalue weighted by Gasteiger charge is 2.26. The van der Waals surface area contributed by atoms with Crippen molar-refractivity contribution < 1.29 is 14.0 Å². The van der Waals surface area contributed by atoms with Crippen LogP contribution in [0.5, 0.6) is 0 Å². The van der Waals surface area contributed by atoms with Crippen molar-refractivity contribution in [2.75, 3.05) is 5.32 Å². The highest BCUT2D eigenvalue weighted by atomic mass is 16.3. The van der Waals surface area contributed by atoms with Gasteiger partial charge in [0.1, 0.15) is 0 Å². The molecule has 5 heteroatoms. The number of benzene rings is 1. The number of rotatable bonds is 0. The molecular formula is C15H10N2O3. The second-order valence-corrected chi connectivity index (χ2v) is 4.15. The number of aromatic nitrogens is 1. The molecule has 1 amide bonds. The summed E-state index contributed by atoms with van der Waals surface area (Å²) in [5, 5.41) is 3.51. The maximum Gasteiger partial charge on any atom is 0.296 e. The fourth-order valence-corrected chi connectivity index (χ4v) is 1.89. The maximum atomic E-state index is 11.0. The Morgan fingerprint density at radius 1 is 1.00 bits per heavy atom. The van der Waals surface area contributed by atoms with Gasteiger partial charge >= 0.3 is 0 Å². The van der Waals surface area contributed by atoms with E-state index in [0.29, 0.717) is 17.0 Å². The highest BCUT2D eigenvalue weighted by Crippen LogP contribution is 2.21. The Labute approximate surface area is 114 Å². The molecule has 1 aliphatic heterocycles. The van der Waals surface area contributed by atoms with Crippen molar-refractivity contribution in [3.8, 4) is 0 Å². The first-order valence-electron chi connectivity index (χ1n) is 5.98.